The highest BCUT2D eigenvalue weighted by atomic mass is 32.2. The summed E-state index contributed by atoms with van der Waals surface area (Å²) in [5, 5.41) is 12.1. The molecule has 0 fully saturated rings. The van der Waals surface area contributed by atoms with Crippen molar-refractivity contribution in [3.63, 3.8) is 0 Å². The van der Waals surface area contributed by atoms with Crippen LogP contribution in [0.15, 0.2) is 23.2 Å². The summed E-state index contributed by atoms with van der Waals surface area (Å²) in [6.07, 6.45) is 2.43. The molecule has 1 rings (SSSR count). The van der Waals surface area contributed by atoms with E-state index in [0.717, 1.165) is 6.42 Å². The lowest BCUT2D eigenvalue weighted by Crippen LogP contribution is -2.39. The minimum absolute atomic E-state index is 0.0715. The predicted molar refractivity (Wildman–Crippen MR) is 79.1 cm³/mol. The van der Waals surface area contributed by atoms with Crippen LogP contribution in [0.3, 0.4) is 0 Å². The Hall–Kier alpha value is -1.18. The van der Waals surface area contributed by atoms with Crippen molar-refractivity contribution < 1.29 is 13.5 Å². The third-order valence-corrected chi connectivity index (χ3v) is 4.90. The Kier molecular flexibility index (Phi) is 6.38. The minimum atomic E-state index is -3.68. The van der Waals surface area contributed by atoms with Crippen molar-refractivity contribution in [2.45, 2.75) is 38.1 Å². The number of nitrogens with zero attached hydrogens (tertiary/aromatic N) is 2. The van der Waals surface area contributed by atoms with E-state index in [1.54, 1.807) is 26.1 Å². The van der Waals surface area contributed by atoms with E-state index in [-0.39, 0.29) is 24.1 Å². The summed E-state index contributed by atoms with van der Waals surface area (Å²) >= 11 is 0. The summed E-state index contributed by atoms with van der Waals surface area (Å²) in [5.74, 6) is 0.359. The van der Waals surface area contributed by atoms with Crippen LogP contribution >= 0.6 is 0 Å². The molecule has 20 heavy (non-hydrogen) atoms. The molecule has 1 heterocycles. The molecule has 0 aliphatic carbocycles. The van der Waals surface area contributed by atoms with Crippen molar-refractivity contribution in [2.75, 3.05) is 25.0 Å². The average molecular weight is 301 g/mol. The number of hydrogen-bond donors (Lipinski definition) is 2. The van der Waals surface area contributed by atoms with E-state index in [0.29, 0.717) is 12.4 Å². The normalized spacial score (nSPS) is 12.1. The molecule has 0 unspecified atom stereocenters. The SMILES string of the molecule is CCCNc1ncccc1S(=O)(=O)N(CCO)C(C)C. The fraction of sp³-hybridized carbons (Fsp3) is 0.615. The van der Waals surface area contributed by atoms with E-state index in [1.165, 1.54) is 10.4 Å². The molecular formula is C13H23N3O3S. The molecular weight excluding hydrogens is 278 g/mol. The van der Waals surface area contributed by atoms with Crippen molar-refractivity contribution in [2.24, 2.45) is 0 Å². The first-order valence-corrected chi connectivity index (χ1v) is 8.20. The van der Waals surface area contributed by atoms with Gasteiger partial charge in [-0.05, 0) is 32.4 Å². The second kappa shape index (κ2) is 7.56. The highest BCUT2D eigenvalue weighted by Gasteiger charge is 2.29. The largest absolute Gasteiger partial charge is 0.395 e. The quantitative estimate of drug-likeness (QED) is 0.756. The third kappa shape index (κ3) is 3.91. The summed E-state index contributed by atoms with van der Waals surface area (Å²) in [4.78, 5) is 4.25. The number of aliphatic hydroxyl groups is 1. The molecule has 0 amide bonds. The fourth-order valence-corrected chi connectivity index (χ4v) is 3.61. The Bertz CT molecular complexity index is 517. The second-order valence-electron chi connectivity index (χ2n) is 4.71. The van der Waals surface area contributed by atoms with E-state index >= 15 is 0 Å². The molecule has 0 atom stereocenters. The molecule has 0 aliphatic rings. The summed E-state index contributed by atoms with van der Waals surface area (Å²) in [7, 11) is -3.68. The lowest BCUT2D eigenvalue weighted by molar-refractivity contribution is 0.236. The van der Waals surface area contributed by atoms with Crippen LogP contribution < -0.4 is 5.32 Å². The van der Waals surface area contributed by atoms with Crippen molar-refractivity contribution in [1.82, 2.24) is 9.29 Å². The van der Waals surface area contributed by atoms with Crippen LogP contribution in [0.5, 0.6) is 0 Å². The molecule has 0 aliphatic heterocycles. The van der Waals surface area contributed by atoms with Gasteiger partial charge >= 0.3 is 0 Å². The van der Waals surface area contributed by atoms with Crippen LogP contribution in [0.2, 0.25) is 0 Å². The van der Waals surface area contributed by atoms with Crippen LogP contribution in [-0.4, -0.2) is 48.6 Å². The number of sulfonamides is 1. The summed E-state index contributed by atoms with van der Waals surface area (Å²) in [6, 6.07) is 2.90. The van der Waals surface area contributed by atoms with Gasteiger partial charge in [0.05, 0.1) is 6.61 Å². The smallest absolute Gasteiger partial charge is 0.247 e. The highest BCUT2D eigenvalue weighted by Crippen LogP contribution is 2.23. The molecule has 0 aromatic carbocycles. The van der Waals surface area contributed by atoms with E-state index in [9.17, 15) is 8.42 Å². The standard InChI is InChI=1S/C13H23N3O3S/c1-4-7-14-13-12(6-5-8-15-13)20(18,19)16(9-10-17)11(2)3/h5-6,8,11,17H,4,7,9-10H2,1-3H3,(H,14,15). The van der Waals surface area contributed by atoms with Gasteiger partial charge in [0.15, 0.2) is 0 Å². The van der Waals surface area contributed by atoms with Gasteiger partial charge in [-0.1, -0.05) is 6.92 Å². The van der Waals surface area contributed by atoms with E-state index in [2.05, 4.69) is 10.3 Å². The van der Waals surface area contributed by atoms with Crippen LogP contribution in [0, 0.1) is 0 Å². The fourth-order valence-electron chi connectivity index (χ4n) is 1.86. The number of hydrogen-bond acceptors (Lipinski definition) is 5. The zero-order chi connectivity index (χ0) is 15.2. The molecule has 1 aromatic heterocycles. The maximum Gasteiger partial charge on any atom is 0.247 e. The number of aliphatic hydroxyl groups excluding tert-OH is 1. The number of rotatable bonds is 8. The zero-order valence-electron chi connectivity index (χ0n) is 12.2. The van der Waals surface area contributed by atoms with Crippen LogP contribution in [0.1, 0.15) is 27.2 Å². The maximum atomic E-state index is 12.7. The van der Waals surface area contributed by atoms with E-state index < -0.39 is 10.0 Å². The van der Waals surface area contributed by atoms with Gasteiger partial charge in [0.2, 0.25) is 10.0 Å². The topological polar surface area (TPSA) is 82.5 Å². The Balaban J connectivity index is 3.19. The molecule has 0 saturated carbocycles. The Labute approximate surface area is 120 Å². The first kappa shape index (κ1) is 16.9. The van der Waals surface area contributed by atoms with Gasteiger partial charge in [0.25, 0.3) is 0 Å². The Morgan fingerprint density at radius 1 is 1.45 bits per heavy atom. The van der Waals surface area contributed by atoms with Crippen molar-refractivity contribution in [3.05, 3.63) is 18.3 Å². The number of pyridine rings is 1. The van der Waals surface area contributed by atoms with Gasteiger partial charge in [0.1, 0.15) is 10.7 Å². The minimum Gasteiger partial charge on any atom is -0.395 e. The van der Waals surface area contributed by atoms with Gasteiger partial charge < -0.3 is 10.4 Å². The molecule has 1 aromatic rings. The van der Waals surface area contributed by atoms with Gasteiger partial charge in [-0.25, -0.2) is 13.4 Å². The second-order valence-corrected chi connectivity index (χ2v) is 6.57. The van der Waals surface area contributed by atoms with Gasteiger partial charge in [-0.2, -0.15) is 4.31 Å². The molecule has 0 saturated heterocycles. The molecule has 0 bridgehead atoms. The van der Waals surface area contributed by atoms with E-state index in [4.69, 9.17) is 5.11 Å². The summed E-state index contributed by atoms with van der Waals surface area (Å²) in [6.45, 7) is 6.07. The van der Waals surface area contributed by atoms with E-state index in [1.807, 2.05) is 6.92 Å². The summed E-state index contributed by atoms with van der Waals surface area (Å²) < 4.78 is 26.6. The van der Waals surface area contributed by atoms with Crippen LogP contribution in [0.25, 0.3) is 0 Å². The zero-order valence-corrected chi connectivity index (χ0v) is 13.0. The molecule has 7 heteroatoms. The Morgan fingerprint density at radius 2 is 2.15 bits per heavy atom. The van der Waals surface area contributed by atoms with Gasteiger partial charge in [-0.15, -0.1) is 0 Å². The van der Waals surface area contributed by atoms with Crippen molar-refractivity contribution >= 4 is 15.8 Å². The van der Waals surface area contributed by atoms with Gasteiger partial charge in [-0.3, -0.25) is 0 Å². The lowest BCUT2D eigenvalue weighted by atomic mass is 10.4. The monoisotopic (exact) mass is 301 g/mol. The lowest BCUT2D eigenvalue weighted by Gasteiger charge is -2.25. The molecule has 0 spiro atoms. The van der Waals surface area contributed by atoms with Crippen LogP contribution in [0.4, 0.5) is 5.82 Å². The highest BCUT2D eigenvalue weighted by molar-refractivity contribution is 7.89. The summed E-state index contributed by atoms with van der Waals surface area (Å²) in [5.41, 5.74) is 0. The first-order chi connectivity index (χ1) is 9.45. The third-order valence-electron chi connectivity index (χ3n) is 2.80. The van der Waals surface area contributed by atoms with Crippen molar-refractivity contribution in [1.29, 1.82) is 0 Å². The number of anilines is 1. The molecule has 114 valence electrons. The molecule has 2 N–H and O–H groups in total. The van der Waals surface area contributed by atoms with Gasteiger partial charge in [0, 0.05) is 25.3 Å². The molecule has 6 nitrogen and oxygen atoms in total. The van der Waals surface area contributed by atoms with Crippen LogP contribution in [-0.2, 0) is 10.0 Å². The first-order valence-electron chi connectivity index (χ1n) is 6.76. The maximum absolute atomic E-state index is 12.7. The average Bonchev–Trinajstić information content (AvgIpc) is 2.42. The molecule has 0 radical (unpaired) electrons. The number of nitrogens with one attached hydrogen (secondary N) is 1. The van der Waals surface area contributed by atoms with Crippen molar-refractivity contribution in [3.8, 4) is 0 Å². The predicted octanol–water partition coefficient (Wildman–Crippen LogP) is 1.29. The Morgan fingerprint density at radius 3 is 2.70 bits per heavy atom. The number of aromatic nitrogens is 1.